The van der Waals surface area contributed by atoms with Crippen molar-refractivity contribution < 1.29 is 14.3 Å². The Morgan fingerprint density at radius 1 is 1.47 bits per heavy atom. The molecule has 1 fully saturated rings. The monoisotopic (exact) mass is 271 g/mol. The molecule has 2 unspecified atom stereocenters. The van der Waals surface area contributed by atoms with Gasteiger partial charge in [-0.3, -0.25) is 14.5 Å². The second kappa shape index (κ2) is 8.12. The fraction of sp³-hybridized carbons (Fsp3) is 0.846. The first-order chi connectivity index (χ1) is 9.08. The van der Waals surface area contributed by atoms with Crippen molar-refractivity contribution in [2.75, 3.05) is 32.8 Å². The molecule has 1 saturated heterocycles. The molecule has 1 amide bonds. The predicted octanol–water partition coefficient (Wildman–Crippen LogP) is -0.262. The molecule has 0 aromatic rings. The van der Waals surface area contributed by atoms with Crippen LogP contribution in [0, 0.1) is 0 Å². The fourth-order valence-corrected chi connectivity index (χ4v) is 2.01. The van der Waals surface area contributed by atoms with Gasteiger partial charge in [0.05, 0.1) is 13.2 Å². The third-order valence-electron chi connectivity index (χ3n) is 3.28. The zero-order chi connectivity index (χ0) is 14.3. The fourth-order valence-electron chi connectivity index (χ4n) is 2.01. The molecule has 6 nitrogen and oxygen atoms in total. The first kappa shape index (κ1) is 15.9. The Bertz CT molecular complexity index is 310. The van der Waals surface area contributed by atoms with Crippen molar-refractivity contribution in [2.45, 2.75) is 39.3 Å². The summed E-state index contributed by atoms with van der Waals surface area (Å²) < 4.78 is 5.04. The molecule has 0 aliphatic carbocycles. The minimum absolute atomic E-state index is 0.0365. The number of carbonyl (C=O) groups is 2. The lowest BCUT2D eigenvalue weighted by molar-refractivity contribution is -0.150. The molecule has 6 heteroatoms. The zero-order valence-corrected chi connectivity index (χ0v) is 12.1. The summed E-state index contributed by atoms with van der Waals surface area (Å²) in [5.41, 5.74) is 0. The van der Waals surface area contributed by atoms with Crippen LogP contribution in [0.25, 0.3) is 0 Å². The number of esters is 1. The van der Waals surface area contributed by atoms with Crippen LogP contribution in [-0.4, -0.2) is 61.6 Å². The predicted molar refractivity (Wildman–Crippen MR) is 72.8 cm³/mol. The lowest BCUT2D eigenvalue weighted by Gasteiger charge is -2.34. The Morgan fingerprint density at radius 3 is 2.84 bits per heavy atom. The zero-order valence-electron chi connectivity index (χ0n) is 12.1. The van der Waals surface area contributed by atoms with Gasteiger partial charge in [0.2, 0.25) is 5.91 Å². The highest BCUT2D eigenvalue weighted by Crippen LogP contribution is 2.05. The van der Waals surface area contributed by atoms with E-state index >= 15 is 0 Å². The van der Waals surface area contributed by atoms with E-state index in [0.717, 1.165) is 13.0 Å². The van der Waals surface area contributed by atoms with Crippen LogP contribution in [0.15, 0.2) is 0 Å². The van der Waals surface area contributed by atoms with Crippen molar-refractivity contribution in [1.29, 1.82) is 0 Å². The number of nitrogens with zero attached hydrogens (tertiary/aromatic N) is 1. The minimum atomic E-state index is -0.364. The number of amides is 1. The van der Waals surface area contributed by atoms with Gasteiger partial charge in [-0.15, -0.1) is 0 Å². The molecule has 0 radical (unpaired) electrons. The number of hydrogen-bond acceptors (Lipinski definition) is 5. The van der Waals surface area contributed by atoms with Gasteiger partial charge in [-0.05, 0) is 20.3 Å². The van der Waals surface area contributed by atoms with E-state index in [1.54, 1.807) is 6.92 Å². The Hall–Kier alpha value is -1.14. The number of nitrogens with one attached hydrogen (secondary N) is 2. The highest BCUT2D eigenvalue weighted by Gasteiger charge is 2.30. The molecule has 1 rings (SSSR count). The number of rotatable bonds is 6. The Kier molecular flexibility index (Phi) is 6.80. The van der Waals surface area contributed by atoms with Gasteiger partial charge in [-0.1, -0.05) is 6.92 Å². The van der Waals surface area contributed by atoms with Crippen molar-refractivity contribution in [3.63, 3.8) is 0 Å². The highest BCUT2D eigenvalue weighted by atomic mass is 16.5. The summed E-state index contributed by atoms with van der Waals surface area (Å²) >= 11 is 0. The SMILES string of the molecule is CCOC(=O)C1CNCCN1CC(=O)NC(C)CC. The van der Waals surface area contributed by atoms with E-state index in [9.17, 15) is 9.59 Å². The summed E-state index contributed by atoms with van der Waals surface area (Å²) in [7, 11) is 0. The lowest BCUT2D eigenvalue weighted by atomic mass is 10.2. The van der Waals surface area contributed by atoms with Gasteiger partial charge in [0.25, 0.3) is 0 Å². The third kappa shape index (κ3) is 5.16. The molecule has 0 aromatic heterocycles. The first-order valence-corrected chi connectivity index (χ1v) is 6.99. The van der Waals surface area contributed by atoms with Crippen molar-refractivity contribution in [3.05, 3.63) is 0 Å². The molecule has 1 heterocycles. The Morgan fingerprint density at radius 2 is 2.21 bits per heavy atom. The quantitative estimate of drug-likeness (QED) is 0.651. The summed E-state index contributed by atoms with van der Waals surface area (Å²) in [6.07, 6.45) is 0.897. The van der Waals surface area contributed by atoms with Crippen molar-refractivity contribution >= 4 is 11.9 Å². The van der Waals surface area contributed by atoms with Gasteiger partial charge in [0.1, 0.15) is 6.04 Å². The molecule has 0 saturated carbocycles. The minimum Gasteiger partial charge on any atom is -0.465 e. The van der Waals surface area contributed by atoms with E-state index in [4.69, 9.17) is 4.74 Å². The Labute approximate surface area is 114 Å². The summed E-state index contributed by atoms with van der Waals surface area (Å²) in [6, 6.07) is -0.201. The topological polar surface area (TPSA) is 70.7 Å². The van der Waals surface area contributed by atoms with Gasteiger partial charge >= 0.3 is 5.97 Å². The van der Waals surface area contributed by atoms with E-state index < -0.39 is 0 Å². The second-order valence-electron chi connectivity index (χ2n) is 4.82. The van der Waals surface area contributed by atoms with E-state index in [1.165, 1.54) is 0 Å². The van der Waals surface area contributed by atoms with E-state index in [0.29, 0.717) is 19.7 Å². The smallest absolute Gasteiger partial charge is 0.324 e. The van der Waals surface area contributed by atoms with E-state index in [1.807, 2.05) is 18.7 Å². The van der Waals surface area contributed by atoms with Crippen LogP contribution in [0.4, 0.5) is 0 Å². The van der Waals surface area contributed by atoms with Crippen LogP contribution >= 0.6 is 0 Å². The van der Waals surface area contributed by atoms with Gasteiger partial charge < -0.3 is 15.4 Å². The number of carbonyl (C=O) groups excluding carboxylic acids is 2. The number of hydrogen-bond donors (Lipinski definition) is 2. The van der Waals surface area contributed by atoms with Gasteiger partial charge in [0.15, 0.2) is 0 Å². The normalized spacial score (nSPS) is 21.7. The molecule has 110 valence electrons. The molecule has 0 bridgehead atoms. The van der Waals surface area contributed by atoms with Gasteiger partial charge in [-0.2, -0.15) is 0 Å². The maximum absolute atomic E-state index is 11.9. The van der Waals surface area contributed by atoms with Gasteiger partial charge in [0, 0.05) is 25.7 Å². The lowest BCUT2D eigenvalue weighted by Crippen LogP contribution is -2.57. The van der Waals surface area contributed by atoms with Crippen molar-refractivity contribution in [3.8, 4) is 0 Å². The molecule has 2 N–H and O–H groups in total. The molecule has 0 spiro atoms. The van der Waals surface area contributed by atoms with Crippen molar-refractivity contribution in [2.24, 2.45) is 0 Å². The second-order valence-corrected chi connectivity index (χ2v) is 4.82. The van der Waals surface area contributed by atoms with Crippen LogP contribution in [0.1, 0.15) is 27.2 Å². The molecule has 1 aliphatic rings. The third-order valence-corrected chi connectivity index (χ3v) is 3.28. The number of ether oxygens (including phenoxy) is 1. The van der Waals surface area contributed by atoms with Crippen LogP contribution in [0.3, 0.4) is 0 Å². The molecule has 1 aliphatic heterocycles. The Balaban J connectivity index is 2.52. The van der Waals surface area contributed by atoms with Crippen LogP contribution in [0.2, 0.25) is 0 Å². The number of piperazine rings is 1. The van der Waals surface area contributed by atoms with Crippen LogP contribution in [0.5, 0.6) is 0 Å². The van der Waals surface area contributed by atoms with Crippen molar-refractivity contribution in [1.82, 2.24) is 15.5 Å². The molecular formula is C13H25N3O3. The average molecular weight is 271 g/mol. The maximum atomic E-state index is 11.9. The maximum Gasteiger partial charge on any atom is 0.324 e. The summed E-state index contributed by atoms with van der Waals surface area (Å²) in [5.74, 6) is -0.295. The standard InChI is InChI=1S/C13H25N3O3/c1-4-10(3)15-12(17)9-16-7-6-14-8-11(16)13(18)19-5-2/h10-11,14H,4-9H2,1-3H3,(H,15,17). The molecule has 19 heavy (non-hydrogen) atoms. The summed E-state index contributed by atoms with van der Waals surface area (Å²) in [5, 5.41) is 6.07. The van der Waals surface area contributed by atoms with Gasteiger partial charge in [-0.25, -0.2) is 0 Å². The summed E-state index contributed by atoms with van der Waals surface area (Å²) in [4.78, 5) is 25.6. The van der Waals surface area contributed by atoms with Crippen LogP contribution < -0.4 is 10.6 Å². The average Bonchev–Trinajstić information content (AvgIpc) is 2.39. The molecule has 2 atom stereocenters. The highest BCUT2D eigenvalue weighted by molar-refractivity contribution is 5.81. The largest absolute Gasteiger partial charge is 0.465 e. The van der Waals surface area contributed by atoms with Crippen LogP contribution in [-0.2, 0) is 14.3 Å². The van der Waals surface area contributed by atoms with E-state index in [-0.39, 0.29) is 30.5 Å². The van der Waals surface area contributed by atoms with E-state index in [2.05, 4.69) is 10.6 Å². The summed E-state index contributed by atoms with van der Waals surface area (Å²) in [6.45, 7) is 8.39. The first-order valence-electron chi connectivity index (χ1n) is 6.99. The molecule has 0 aromatic carbocycles. The molecular weight excluding hydrogens is 246 g/mol.